The van der Waals surface area contributed by atoms with Crippen LogP contribution in [0.25, 0.3) is 22.1 Å². The van der Waals surface area contributed by atoms with Gasteiger partial charge in [0, 0.05) is 23.7 Å². The van der Waals surface area contributed by atoms with Crippen molar-refractivity contribution in [3.8, 4) is 28.4 Å². The van der Waals surface area contributed by atoms with E-state index < -0.39 is 16.6 Å². The fraction of sp³-hybridized carbons (Fsp3) is 0. The Labute approximate surface area is 134 Å². The van der Waals surface area contributed by atoms with Crippen molar-refractivity contribution >= 4 is 28.0 Å². The highest BCUT2D eigenvalue weighted by molar-refractivity contribution is 6.61. The third kappa shape index (κ3) is 2.84. The van der Waals surface area contributed by atoms with Gasteiger partial charge >= 0.3 is 5.43 Å². The Morgan fingerprint density at radius 1 is 1.13 bits per heavy atom. The van der Waals surface area contributed by atoms with Crippen LogP contribution in [0.2, 0.25) is 0 Å². The van der Waals surface area contributed by atoms with E-state index >= 15 is 0 Å². The lowest BCUT2D eigenvalue weighted by Crippen LogP contribution is -2.05. The maximum Gasteiger partial charge on any atom is 0.409 e. The Kier molecular flexibility index (Phi) is 3.67. The summed E-state index contributed by atoms with van der Waals surface area (Å²) in [4.78, 5) is 23.3. The van der Waals surface area contributed by atoms with Crippen LogP contribution in [0.15, 0.2) is 51.9 Å². The molecule has 3 aromatic rings. The van der Waals surface area contributed by atoms with E-state index in [-0.39, 0.29) is 28.0 Å². The van der Waals surface area contributed by atoms with Gasteiger partial charge in [-0.3, -0.25) is 4.79 Å². The van der Waals surface area contributed by atoms with Crippen molar-refractivity contribution in [2.45, 2.75) is 0 Å². The van der Waals surface area contributed by atoms with E-state index in [0.717, 1.165) is 6.07 Å². The second-order valence-corrected chi connectivity index (χ2v) is 4.99. The molecule has 0 unspecified atom stereocenters. The summed E-state index contributed by atoms with van der Waals surface area (Å²) in [5.74, 6) is -0.380. The van der Waals surface area contributed by atoms with Gasteiger partial charge in [0.2, 0.25) is 5.43 Å². The van der Waals surface area contributed by atoms with Crippen LogP contribution in [0.3, 0.4) is 0 Å². The van der Waals surface area contributed by atoms with E-state index in [1.807, 2.05) is 0 Å². The number of halogens is 1. The lowest BCUT2D eigenvalue weighted by molar-refractivity contribution is 0.225. The summed E-state index contributed by atoms with van der Waals surface area (Å²) >= 11 is 5.11. The molecule has 0 spiro atoms. The molecule has 1 aromatic heterocycles. The van der Waals surface area contributed by atoms with E-state index in [1.165, 1.54) is 24.5 Å². The van der Waals surface area contributed by atoms with Crippen LogP contribution in [0.4, 0.5) is 4.79 Å². The molecule has 6 nitrogen and oxygen atoms in total. The monoisotopic (exact) mass is 332 g/mol. The van der Waals surface area contributed by atoms with Crippen molar-refractivity contribution in [1.29, 1.82) is 0 Å². The zero-order chi connectivity index (χ0) is 16.6. The molecule has 0 aliphatic rings. The van der Waals surface area contributed by atoms with Crippen LogP contribution < -0.4 is 10.2 Å². The van der Waals surface area contributed by atoms with E-state index in [4.69, 9.17) is 16.0 Å². The van der Waals surface area contributed by atoms with E-state index in [9.17, 15) is 19.8 Å². The average Bonchev–Trinajstić information content (AvgIpc) is 2.47. The van der Waals surface area contributed by atoms with Crippen LogP contribution in [-0.2, 0) is 0 Å². The summed E-state index contributed by atoms with van der Waals surface area (Å²) in [6.07, 6.45) is 1.22. The number of carbonyl (C=O) groups excluding carboxylic acids is 1. The molecular formula is C16H9ClO6. The Bertz CT molecular complexity index is 959. The first kappa shape index (κ1) is 14.9. The standard InChI is InChI=1S/C16H9ClO6/c17-16(21)23-10-5-12(19)14-13(6-10)22-7-11(15(14)20)8-1-3-9(18)4-2-8/h1-7,18-19H. The maximum atomic E-state index is 12.6. The highest BCUT2D eigenvalue weighted by Crippen LogP contribution is 2.30. The van der Waals surface area contributed by atoms with E-state index in [0.29, 0.717) is 5.56 Å². The SMILES string of the molecule is O=C(Cl)Oc1cc(O)c2c(=O)c(-c3ccc(O)cc3)coc2c1. The molecule has 116 valence electrons. The fourth-order valence-corrected chi connectivity index (χ4v) is 2.29. The maximum absolute atomic E-state index is 12.6. The van der Waals surface area contributed by atoms with Crippen LogP contribution in [0.5, 0.6) is 17.2 Å². The summed E-state index contributed by atoms with van der Waals surface area (Å²) in [5.41, 5.74) is -0.751. The Hall–Kier alpha value is -2.99. The Morgan fingerprint density at radius 3 is 2.48 bits per heavy atom. The van der Waals surface area contributed by atoms with Crippen molar-refractivity contribution in [2.75, 3.05) is 0 Å². The van der Waals surface area contributed by atoms with Crippen molar-refractivity contribution < 1.29 is 24.2 Å². The summed E-state index contributed by atoms with van der Waals surface area (Å²) < 4.78 is 10.0. The molecule has 0 aliphatic heterocycles. The van der Waals surface area contributed by atoms with Gasteiger partial charge in [0.15, 0.2) is 0 Å². The highest BCUT2D eigenvalue weighted by atomic mass is 35.5. The molecule has 0 amide bonds. The lowest BCUT2D eigenvalue weighted by Gasteiger charge is -2.06. The van der Waals surface area contributed by atoms with Crippen LogP contribution in [0, 0.1) is 0 Å². The second-order valence-electron chi connectivity index (χ2n) is 4.68. The lowest BCUT2D eigenvalue weighted by atomic mass is 10.0. The van der Waals surface area contributed by atoms with E-state index in [1.54, 1.807) is 12.1 Å². The first-order valence-corrected chi connectivity index (χ1v) is 6.79. The Balaban J connectivity index is 2.19. The summed E-state index contributed by atoms with van der Waals surface area (Å²) in [6, 6.07) is 8.34. The number of hydrogen-bond acceptors (Lipinski definition) is 6. The zero-order valence-corrected chi connectivity index (χ0v) is 12.2. The molecule has 7 heteroatoms. The number of ether oxygens (including phenoxy) is 1. The Morgan fingerprint density at radius 2 is 1.83 bits per heavy atom. The van der Waals surface area contributed by atoms with Gasteiger partial charge in [0.1, 0.15) is 34.5 Å². The molecule has 23 heavy (non-hydrogen) atoms. The van der Waals surface area contributed by atoms with Gasteiger partial charge in [-0.1, -0.05) is 12.1 Å². The van der Waals surface area contributed by atoms with Crippen LogP contribution in [0.1, 0.15) is 0 Å². The molecule has 0 aliphatic carbocycles. The normalized spacial score (nSPS) is 10.7. The first-order chi connectivity index (χ1) is 11.0. The molecule has 0 saturated carbocycles. The largest absolute Gasteiger partial charge is 0.508 e. The van der Waals surface area contributed by atoms with Crippen molar-refractivity contribution in [3.63, 3.8) is 0 Å². The molecule has 1 heterocycles. The van der Waals surface area contributed by atoms with Gasteiger partial charge in [-0.25, -0.2) is 4.79 Å². The molecule has 2 N–H and O–H groups in total. The minimum atomic E-state index is -1.08. The molecule has 0 saturated heterocycles. The van der Waals surface area contributed by atoms with Gasteiger partial charge in [0.05, 0.1) is 5.56 Å². The molecule has 0 fully saturated rings. The van der Waals surface area contributed by atoms with Crippen molar-refractivity contribution in [1.82, 2.24) is 0 Å². The van der Waals surface area contributed by atoms with Crippen molar-refractivity contribution in [3.05, 3.63) is 52.9 Å². The first-order valence-electron chi connectivity index (χ1n) is 6.41. The summed E-state index contributed by atoms with van der Waals surface area (Å²) in [5, 5.41) is 19.3. The number of phenols is 2. The van der Waals surface area contributed by atoms with Gasteiger partial charge in [-0.05, 0) is 17.7 Å². The van der Waals surface area contributed by atoms with Crippen molar-refractivity contribution in [2.24, 2.45) is 0 Å². The van der Waals surface area contributed by atoms with Gasteiger partial charge in [0.25, 0.3) is 0 Å². The topological polar surface area (TPSA) is 97.0 Å². The predicted octanol–water partition coefficient (Wildman–Crippen LogP) is 3.61. The summed E-state index contributed by atoms with van der Waals surface area (Å²) in [6.45, 7) is 0. The average molecular weight is 333 g/mol. The number of phenolic OH excluding ortho intramolecular Hbond substituents is 2. The van der Waals surface area contributed by atoms with E-state index in [2.05, 4.69) is 4.74 Å². The fourth-order valence-electron chi connectivity index (χ4n) is 2.20. The molecule has 0 bridgehead atoms. The number of rotatable bonds is 2. The third-order valence-corrected chi connectivity index (χ3v) is 3.28. The van der Waals surface area contributed by atoms with Gasteiger partial charge in [-0.15, -0.1) is 0 Å². The smallest absolute Gasteiger partial charge is 0.409 e. The van der Waals surface area contributed by atoms with Crippen LogP contribution in [-0.4, -0.2) is 15.6 Å². The molecule has 0 radical (unpaired) electrons. The van der Waals surface area contributed by atoms with Crippen LogP contribution >= 0.6 is 11.6 Å². The predicted molar refractivity (Wildman–Crippen MR) is 83.1 cm³/mol. The highest BCUT2D eigenvalue weighted by Gasteiger charge is 2.15. The molecule has 0 atom stereocenters. The minimum absolute atomic E-state index is 0.0458. The summed E-state index contributed by atoms with van der Waals surface area (Å²) in [7, 11) is 0. The number of aromatic hydroxyl groups is 2. The number of carbonyl (C=O) groups is 1. The quantitative estimate of drug-likeness (QED) is 0.696. The zero-order valence-electron chi connectivity index (χ0n) is 11.4. The second kappa shape index (κ2) is 5.66. The molecule has 3 rings (SSSR count). The number of benzene rings is 2. The van der Waals surface area contributed by atoms with Gasteiger partial charge < -0.3 is 19.4 Å². The number of hydrogen-bond donors (Lipinski definition) is 2. The third-order valence-electron chi connectivity index (χ3n) is 3.21. The van der Waals surface area contributed by atoms with Gasteiger partial charge in [-0.2, -0.15) is 0 Å². The molecular weight excluding hydrogens is 324 g/mol. The number of fused-ring (bicyclic) bond motifs is 1. The molecule has 2 aromatic carbocycles. The minimum Gasteiger partial charge on any atom is -0.508 e.